The zero-order valence-corrected chi connectivity index (χ0v) is 14.1. The van der Waals surface area contributed by atoms with E-state index in [1.807, 2.05) is 0 Å². The van der Waals surface area contributed by atoms with Crippen molar-refractivity contribution >= 4 is 27.7 Å². The Balaban J connectivity index is 2.07. The van der Waals surface area contributed by atoms with E-state index in [0.717, 1.165) is 10.2 Å². The Labute approximate surface area is 133 Å². The molecule has 2 aromatic carbocycles. The summed E-state index contributed by atoms with van der Waals surface area (Å²) in [7, 11) is 0. The fourth-order valence-electron chi connectivity index (χ4n) is 2.16. The molecule has 0 spiro atoms. The molecule has 4 heteroatoms. The standard InChI is InChI=1S/C16H19BrN2S/c1-11-7-12(2)9-13(8-11)16(19-18)10-20-15-5-3-14(17)4-6-15/h3-9,16,19H,10,18H2,1-2H3. The minimum absolute atomic E-state index is 0.155. The lowest BCUT2D eigenvalue weighted by atomic mass is 10.0. The van der Waals surface area contributed by atoms with Crippen LogP contribution < -0.4 is 11.3 Å². The highest BCUT2D eigenvalue weighted by Gasteiger charge is 2.11. The number of nitrogens with two attached hydrogens (primary N) is 1. The van der Waals surface area contributed by atoms with Gasteiger partial charge in [-0.05, 0) is 43.7 Å². The van der Waals surface area contributed by atoms with Gasteiger partial charge in [-0.1, -0.05) is 45.3 Å². The highest BCUT2D eigenvalue weighted by Crippen LogP contribution is 2.26. The zero-order valence-electron chi connectivity index (χ0n) is 11.7. The molecule has 1 atom stereocenters. The van der Waals surface area contributed by atoms with E-state index < -0.39 is 0 Å². The van der Waals surface area contributed by atoms with Gasteiger partial charge in [0.15, 0.2) is 0 Å². The molecule has 3 N–H and O–H groups in total. The van der Waals surface area contributed by atoms with Crippen molar-refractivity contribution in [2.45, 2.75) is 24.8 Å². The number of hydrazine groups is 1. The average molecular weight is 351 g/mol. The van der Waals surface area contributed by atoms with Gasteiger partial charge < -0.3 is 0 Å². The molecule has 106 valence electrons. The largest absolute Gasteiger partial charge is 0.271 e. The quantitative estimate of drug-likeness (QED) is 0.477. The highest BCUT2D eigenvalue weighted by molar-refractivity contribution is 9.10. The van der Waals surface area contributed by atoms with E-state index in [4.69, 9.17) is 5.84 Å². The second kappa shape index (κ2) is 7.27. The van der Waals surface area contributed by atoms with Crippen molar-refractivity contribution in [2.24, 2.45) is 5.84 Å². The molecule has 0 aliphatic heterocycles. The number of aryl methyl sites for hydroxylation is 2. The predicted molar refractivity (Wildman–Crippen MR) is 90.8 cm³/mol. The first-order valence-corrected chi connectivity index (χ1v) is 8.29. The van der Waals surface area contributed by atoms with Gasteiger partial charge in [-0.15, -0.1) is 11.8 Å². The molecule has 2 rings (SSSR count). The van der Waals surface area contributed by atoms with Crippen molar-refractivity contribution in [2.75, 3.05) is 5.75 Å². The molecule has 0 radical (unpaired) electrons. The molecule has 1 unspecified atom stereocenters. The Bertz CT molecular complexity index is 549. The van der Waals surface area contributed by atoms with Crippen LogP contribution in [0.2, 0.25) is 0 Å². The van der Waals surface area contributed by atoms with Gasteiger partial charge in [-0.25, -0.2) is 0 Å². The predicted octanol–water partition coefficient (Wildman–Crippen LogP) is 4.36. The first kappa shape index (κ1) is 15.6. The van der Waals surface area contributed by atoms with E-state index in [0.29, 0.717) is 0 Å². The molecule has 0 aliphatic rings. The number of benzene rings is 2. The normalized spacial score (nSPS) is 12.4. The summed E-state index contributed by atoms with van der Waals surface area (Å²) in [5, 5.41) is 0. The van der Waals surface area contributed by atoms with Crippen molar-refractivity contribution in [3.63, 3.8) is 0 Å². The first-order chi connectivity index (χ1) is 9.58. The number of halogens is 1. The Hall–Kier alpha value is -0.810. The van der Waals surface area contributed by atoms with Crippen LogP contribution in [0.15, 0.2) is 51.8 Å². The van der Waals surface area contributed by atoms with Crippen LogP contribution in [0.25, 0.3) is 0 Å². The summed E-state index contributed by atoms with van der Waals surface area (Å²) in [6.07, 6.45) is 0. The molecule has 2 aromatic rings. The van der Waals surface area contributed by atoms with Crippen molar-refractivity contribution in [3.8, 4) is 0 Å². The molecule has 0 heterocycles. The molecular weight excluding hydrogens is 332 g/mol. The lowest BCUT2D eigenvalue weighted by molar-refractivity contribution is 0.610. The van der Waals surface area contributed by atoms with Crippen molar-refractivity contribution < 1.29 is 0 Å². The van der Waals surface area contributed by atoms with Gasteiger partial charge in [0.25, 0.3) is 0 Å². The average Bonchev–Trinajstić information content (AvgIpc) is 2.40. The summed E-state index contributed by atoms with van der Waals surface area (Å²) >= 11 is 5.26. The minimum Gasteiger partial charge on any atom is -0.271 e. The Kier molecular flexibility index (Phi) is 5.66. The Morgan fingerprint density at radius 2 is 1.70 bits per heavy atom. The van der Waals surface area contributed by atoms with Crippen LogP contribution in [-0.2, 0) is 0 Å². The van der Waals surface area contributed by atoms with Crippen LogP contribution in [-0.4, -0.2) is 5.75 Å². The Morgan fingerprint density at radius 3 is 2.25 bits per heavy atom. The van der Waals surface area contributed by atoms with Crippen LogP contribution in [0.1, 0.15) is 22.7 Å². The summed E-state index contributed by atoms with van der Waals surface area (Å²) in [6, 6.07) is 15.1. The number of rotatable bonds is 5. The van der Waals surface area contributed by atoms with E-state index in [-0.39, 0.29) is 6.04 Å². The molecule has 0 aliphatic carbocycles. The number of hydrogen-bond acceptors (Lipinski definition) is 3. The van der Waals surface area contributed by atoms with Gasteiger partial charge in [-0.3, -0.25) is 11.3 Å². The third-order valence-electron chi connectivity index (χ3n) is 3.08. The number of thioether (sulfide) groups is 1. The lowest BCUT2D eigenvalue weighted by Crippen LogP contribution is -2.29. The fourth-order valence-corrected chi connectivity index (χ4v) is 3.40. The van der Waals surface area contributed by atoms with E-state index in [1.54, 1.807) is 11.8 Å². The van der Waals surface area contributed by atoms with Gasteiger partial charge in [0.05, 0.1) is 6.04 Å². The minimum atomic E-state index is 0.155. The molecule has 0 amide bonds. The maximum absolute atomic E-state index is 5.72. The fraction of sp³-hybridized carbons (Fsp3) is 0.250. The van der Waals surface area contributed by atoms with Crippen LogP contribution in [0, 0.1) is 13.8 Å². The van der Waals surface area contributed by atoms with Gasteiger partial charge >= 0.3 is 0 Å². The van der Waals surface area contributed by atoms with E-state index in [2.05, 4.69) is 77.7 Å². The molecule has 20 heavy (non-hydrogen) atoms. The topological polar surface area (TPSA) is 38.0 Å². The molecule has 2 nitrogen and oxygen atoms in total. The second-order valence-electron chi connectivity index (χ2n) is 4.91. The summed E-state index contributed by atoms with van der Waals surface area (Å²) in [4.78, 5) is 1.25. The van der Waals surface area contributed by atoms with Crippen molar-refractivity contribution in [1.29, 1.82) is 0 Å². The van der Waals surface area contributed by atoms with Gasteiger partial charge in [-0.2, -0.15) is 0 Å². The Morgan fingerprint density at radius 1 is 1.10 bits per heavy atom. The summed E-state index contributed by atoms with van der Waals surface area (Å²) in [5.74, 6) is 6.63. The third-order valence-corrected chi connectivity index (χ3v) is 4.71. The van der Waals surface area contributed by atoms with Crippen LogP contribution >= 0.6 is 27.7 Å². The number of hydrogen-bond donors (Lipinski definition) is 2. The molecule has 0 aromatic heterocycles. The van der Waals surface area contributed by atoms with E-state index in [1.165, 1.54) is 21.6 Å². The smallest absolute Gasteiger partial charge is 0.0554 e. The molecule has 0 bridgehead atoms. The lowest BCUT2D eigenvalue weighted by Gasteiger charge is -2.17. The van der Waals surface area contributed by atoms with Gasteiger partial charge in [0, 0.05) is 15.1 Å². The first-order valence-electron chi connectivity index (χ1n) is 6.51. The van der Waals surface area contributed by atoms with E-state index >= 15 is 0 Å². The molecule has 0 saturated heterocycles. The summed E-state index contributed by atoms with van der Waals surface area (Å²) in [5.41, 5.74) is 6.71. The SMILES string of the molecule is Cc1cc(C)cc(C(CSc2ccc(Br)cc2)NN)c1. The third kappa shape index (κ3) is 4.35. The highest BCUT2D eigenvalue weighted by atomic mass is 79.9. The molecule has 0 fully saturated rings. The van der Waals surface area contributed by atoms with Crippen molar-refractivity contribution in [3.05, 3.63) is 63.6 Å². The van der Waals surface area contributed by atoms with Crippen molar-refractivity contribution in [1.82, 2.24) is 5.43 Å². The van der Waals surface area contributed by atoms with Gasteiger partial charge in [0.1, 0.15) is 0 Å². The van der Waals surface area contributed by atoms with Gasteiger partial charge in [0.2, 0.25) is 0 Å². The van der Waals surface area contributed by atoms with Crippen LogP contribution in [0.5, 0.6) is 0 Å². The monoisotopic (exact) mass is 350 g/mol. The molecule has 0 saturated carbocycles. The van der Waals surface area contributed by atoms with E-state index in [9.17, 15) is 0 Å². The van der Waals surface area contributed by atoms with Crippen LogP contribution in [0.3, 0.4) is 0 Å². The summed E-state index contributed by atoms with van der Waals surface area (Å²) < 4.78 is 1.10. The maximum atomic E-state index is 5.72. The second-order valence-corrected chi connectivity index (χ2v) is 6.91. The summed E-state index contributed by atoms with van der Waals surface area (Å²) in [6.45, 7) is 4.23. The number of nitrogens with one attached hydrogen (secondary N) is 1. The van der Waals surface area contributed by atoms with Crippen LogP contribution in [0.4, 0.5) is 0 Å². The molecular formula is C16H19BrN2S. The zero-order chi connectivity index (χ0) is 14.5. The maximum Gasteiger partial charge on any atom is 0.0554 e.